The fourth-order valence-electron chi connectivity index (χ4n) is 3.42. The summed E-state index contributed by atoms with van der Waals surface area (Å²) in [5.41, 5.74) is 4.82. The highest BCUT2D eigenvalue weighted by Gasteiger charge is 2.27. The highest BCUT2D eigenvalue weighted by atomic mass is 16.5. The van der Waals surface area contributed by atoms with Gasteiger partial charge in [-0.3, -0.25) is 14.9 Å². The van der Waals surface area contributed by atoms with Crippen molar-refractivity contribution in [1.29, 1.82) is 5.26 Å². The van der Waals surface area contributed by atoms with Gasteiger partial charge in [0.25, 0.3) is 11.8 Å². The fraction of sp³-hybridized carbons (Fsp3) is 0.0800. The van der Waals surface area contributed by atoms with E-state index < -0.39 is 11.8 Å². The minimum Gasteiger partial charge on any atom is -0.497 e. The molecule has 2 N–H and O–H groups in total. The van der Waals surface area contributed by atoms with Crippen molar-refractivity contribution >= 4 is 23.1 Å². The Morgan fingerprint density at radius 3 is 2.48 bits per heavy atom. The number of hydrogen-bond acceptors (Lipinski definition) is 5. The van der Waals surface area contributed by atoms with Gasteiger partial charge in [-0.05, 0) is 53.1 Å². The number of nitrogens with zero attached hydrogens (tertiary/aromatic N) is 1. The number of rotatable bonds is 5. The molecular formula is C25H19N3O3. The topological polar surface area (TPSA) is 91.2 Å². The number of hydrogen-bond donors (Lipinski definition) is 2. The zero-order valence-electron chi connectivity index (χ0n) is 16.8. The minimum absolute atomic E-state index is 0.340. The first-order valence-corrected chi connectivity index (χ1v) is 9.66. The Kier molecular flexibility index (Phi) is 5.50. The zero-order chi connectivity index (χ0) is 21.8. The number of nitriles is 1. The molecule has 0 atom stereocenters. The molecule has 3 aromatic rings. The van der Waals surface area contributed by atoms with Crippen LogP contribution in [0.15, 0.2) is 72.9 Å². The summed E-state index contributed by atoms with van der Waals surface area (Å²) in [6.45, 7) is 0. The maximum Gasteiger partial charge on any atom is 0.260 e. The molecule has 1 aliphatic rings. The SMILES string of the molecule is COc1cccc(-c2ccc3c(c2)/C(=C/Nc2ccc(CC#N)cc2)C(=O)NC3=O)c1. The van der Waals surface area contributed by atoms with Crippen molar-refractivity contribution < 1.29 is 14.3 Å². The molecule has 3 aromatic carbocycles. The fourth-order valence-corrected chi connectivity index (χ4v) is 3.42. The highest BCUT2D eigenvalue weighted by Crippen LogP contribution is 2.31. The number of carbonyl (C=O) groups is 2. The normalized spacial score (nSPS) is 13.9. The molecule has 0 aliphatic carbocycles. The van der Waals surface area contributed by atoms with Crippen LogP contribution in [-0.4, -0.2) is 18.9 Å². The number of carbonyl (C=O) groups excluding carboxylic acids is 2. The molecule has 0 fully saturated rings. The number of benzene rings is 3. The summed E-state index contributed by atoms with van der Waals surface area (Å²) in [6.07, 6.45) is 1.93. The number of amides is 2. The molecule has 0 unspecified atom stereocenters. The second kappa shape index (κ2) is 8.56. The Hall–Kier alpha value is -4.37. The standard InChI is InChI=1S/C25H19N3O3/c1-31-20-4-2-3-17(13-20)18-7-10-21-22(14-18)23(25(30)28-24(21)29)15-27-19-8-5-16(6-9-19)11-12-26/h2-10,13-15,27H,11H2,1H3,(H,28,29,30)/b23-15-. The van der Waals surface area contributed by atoms with Crippen LogP contribution in [0.1, 0.15) is 21.5 Å². The molecule has 0 spiro atoms. The Bertz CT molecular complexity index is 1240. The summed E-state index contributed by atoms with van der Waals surface area (Å²) in [4.78, 5) is 24.9. The first-order chi connectivity index (χ1) is 15.1. The lowest BCUT2D eigenvalue weighted by Gasteiger charge is -2.19. The molecule has 0 saturated carbocycles. The van der Waals surface area contributed by atoms with Crippen LogP contribution in [0.25, 0.3) is 16.7 Å². The van der Waals surface area contributed by atoms with Gasteiger partial charge in [0.2, 0.25) is 0 Å². The van der Waals surface area contributed by atoms with E-state index in [1.54, 1.807) is 19.4 Å². The number of methoxy groups -OCH3 is 1. The van der Waals surface area contributed by atoms with Crippen LogP contribution >= 0.6 is 0 Å². The van der Waals surface area contributed by atoms with Gasteiger partial charge in [-0.2, -0.15) is 5.26 Å². The first-order valence-electron chi connectivity index (χ1n) is 9.66. The number of imide groups is 1. The first kappa shape index (κ1) is 19.9. The molecule has 1 heterocycles. The Labute approximate surface area is 179 Å². The summed E-state index contributed by atoms with van der Waals surface area (Å²) in [6, 6.07) is 22.5. The molecule has 152 valence electrons. The smallest absolute Gasteiger partial charge is 0.260 e. The van der Waals surface area contributed by atoms with Crippen molar-refractivity contribution in [2.45, 2.75) is 6.42 Å². The average Bonchev–Trinajstić information content (AvgIpc) is 2.80. The van der Waals surface area contributed by atoms with Gasteiger partial charge in [0.1, 0.15) is 5.75 Å². The van der Waals surface area contributed by atoms with Gasteiger partial charge in [0, 0.05) is 23.0 Å². The van der Waals surface area contributed by atoms with E-state index in [4.69, 9.17) is 10.00 Å². The maximum absolute atomic E-state index is 12.6. The van der Waals surface area contributed by atoms with Crippen molar-refractivity contribution in [3.05, 3.63) is 89.6 Å². The lowest BCUT2D eigenvalue weighted by molar-refractivity contribution is -0.114. The summed E-state index contributed by atoms with van der Waals surface area (Å²) >= 11 is 0. The summed E-state index contributed by atoms with van der Waals surface area (Å²) in [5, 5.41) is 14.3. The van der Waals surface area contributed by atoms with Crippen LogP contribution in [0, 0.1) is 11.3 Å². The van der Waals surface area contributed by atoms with Crippen molar-refractivity contribution in [3.8, 4) is 22.9 Å². The van der Waals surface area contributed by atoms with Crippen molar-refractivity contribution in [2.24, 2.45) is 0 Å². The van der Waals surface area contributed by atoms with Crippen LogP contribution < -0.4 is 15.4 Å². The quantitative estimate of drug-likeness (QED) is 0.488. The molecule has 1 aliphatic heterocycles. The second-order valence-corrected chi connectivity index (χ2v) is 7.01. The predicted octanol–water partition coefficient (Wildman–Crippen LogP) is 4.15. The van der Waals surface area contributed by atoms with E-state index in [2.05, 4.69) is 16.7 Å². The molecule has 6 nitrogen and oxygen atoms in total. The van der Waals surface area contributed by atoms with Gasteiger partial charge in [-0.15, -0.1) is 0 Å². The lowest BCUT2D eigenvalue weighted by atomic mass is 9.91. The molecule has 4 rings (SSSR count). The molecule has 0 radical (unpaired) electrons. The molecule has 0 aromatic heterocycles. The number of fused-ring (bicyclic) bond motifs is 1. The van der Waals surface area contributed by atoms with E-state index >= 15 is 0 Å². The minimum atomic E-state index is -0.464. The Morgan fingerprint density at radius 1 is 0.968 bits per heavy atom. The molecule has 0 saturated heterocycles. The zero-order valence-corrected chi connectivity index (χ0v) is 16.8. The summed E-state index contributed by atoms with van der Waals surface area (Å²) in [5.74, 6) is -0.162. The second-order valence-electron chi connectivity index (χ2n) is 7.01. The van der Waals surface area contributed by atoms with Crippen LogP contribution in [0.4, 0.5) is 5.69 Å². The van der Waals surface area contributed by atoms with Crippen molar-refractivity contribution in [1.82, 2.24) is 5.32 Å². The summed E-state index contributed by atoms with van der Waals surface area (Å²) < 4.78 is 5.30. The molecule has 0 bridgehead atoms. The largest absolute Gasteiger partial charge is 0.497 e. The van der Waals surface area contributed by atoms with Crippen molar-refractivity contribution in [2.75, 3.05) is 12.4 Å². The molecule has 2 amide bonds. The van der Waals surface area contributed by atoms with E-state index in [1.165, 1.54) is 0 Å². The van der Waals surface area contributed by atoms with E-state index in [0.717, 1.165) is 28.1 Å². The third kappa shape index (κ3) is 4.16. The summed E-state index contributed by atoms with van der Waals surface area (Å²) in [7, 11) is 1.61. The lowest BCUT2D eigenvalue weighted by Crippen LogP contribution is -2.36. The number of nitrogens with one attached hydrogen (secondary N) is 2. The van der Waals surface area contributed by atoms with E-state index in [9.17, 15) is 9.59 Å². The molecule has 6 heteroatoms. The van der Waals surface area contributed by atoms with E-state index in [-0.39, 0.29) is 0 Å². The predicted molar refractivity (Wildman–Crippen MR) is 118 cm³/mol. The monoisotopic (exact) mass is 409 g/mol. The van der Waals surface area contributed by atoms with Crippen LogP contribution in [0.2, 0.25) is 0 Å². The maximum atomic E-state index is 12.6. The van der Waals surface area contributed by atoms with Gasteiger partial charge in [-0.25, -0.2) is 0 Å². The van der Waals surface area contributed by atoms with E-state index in [0.29, 0.717) is 23.1 Å². The van der Waals surface area contributed by atoms with Gasteiger partial charge < -0.3 is 10.1 Å². The third-order valence-electron chi connectivity index (χ3n) is 5.05. The van der Waals surface area contributed by atoms with Crippen LogP contribution in [0.5, 0.6) is 5.75 Å². The van der Waals surface area contributed by atoms with E-state index in [1.807, 2.05) is 60.7 Å². The van der Waals surface area contributed by atoms with Gasteiger partial charge in [0.05, 0.1) is 25.2 Å². The van der Waals surface area contributed by atoms with Crippen molar-refractivity contribution in [3.63, 3.8) is 0 Å². The molecule has 31 heavy (non-hydrogen) atoms. The Morgan fingerprint density at radius 2 is 1.74 bits per heavy atom. The van der Waals surface area contributed by atoms with Gasteiger partial charge >= 0.3 is 0 Å². The van der Waals surface area contributed by atoms with Crippen LogP contribution in [0.3, 0.4) is 0 Å². The highest BCUT2D eigenvalue weighted by molar-refractivity contribution is 6.31. The third-order valence-corrected chi connectivity index (χ3v) is 5.05. The number of ether oxygens (including phenoxy) is 1. The van der Waals surface area contributed by atoms with Crippen LogP contribution in [-0.2, 0) is 11.2 Å². The average molecular weight is 409 g/mol. The van der Waals surface area contributed by atoms with Gasteiger partial charge in [0.15, 0.2) is 0 Å². The molecular weight excluding hydrogens is 390 g/mol. The van der Waals surface area contributed by atoms with Gasteiger partial charge in [-0.1, -0.05) is 30.3 Å². The number of anilines is 1. The Balaban J connectivity index is 1.70.